The Kier molecular flexibility index (Phi) is 5.57. The van der Waals surface area contributed by atoms with Gasteiger partial charge in [0.1, 0.15) is 0 Å². The molecule has 0 saturated heterocycles. The number of rotatable bonds is 4. The summed E-state index contributed by atoms with van der Waals surface area (Å²) in [4.78, 5) is 9.87. The third kappa shape index (κ3) is 4.88. The minimum atomic E-state index is 0.119. The van der Waals surface area contributed by atoms with Gasteiger partial charge in [0.25, 0.3) is 6.47 Å². The van der Waals surface area contributed by atoms with Crippen molar-refractivity contribution in [3.05, 3.63) is 0 Å². The van der Waals surface area contributed by atoms with Crippen molar-refractivity contribution in [2.24, 2.45) is 0 Å². The molecule has 0 heterocycles. The molecule has 3 heteroatoms. The maximum Gasteiger partial charge on any atom is 0.295 e. The summed E-state index contributed by atoms with van der Waals surface area (Å²) < 4.78 is 9.91. The SMILES string of the molecule is O=COCOC1CCCCCCC1. The largest absolute Gasteiger partial charge is 0.441 e. The van der Waals surface area contributed by atoms with Gasteiger partial charge in [0, 0.05) is 0 Å². The highest BCUT2D eigenvalue weighted by molar-refractivity contribution is 5.36. The van der Waals surface area contributed by atoms with Crippen LogP contribution >= 0.6 is 0 Å². The van der Waals surface area contributed by atoms with Gasteiger partial charge in [0.15, 0.2) is 6.79 Å². The lowest BCUT2D eigenvalue weighted by Gasteiger charge is -2.19. The molecule has 0 unspecified atom stereocenters. The van der Waals surface area contributed by atoms with Crippen LogP contribution in [0.4, 0.5) is 0 Å². The quantitative estimate of drug-likeness (QED) is 0.384. The number of carbonyl (C=O) groups excluding carboxylic acids is 1. The fourth-order valence-electron chi connectivity index (χ4n) is 1.75. The van der Waals surface area contributed by atoms with E-state index in [2.05, 4.69) is 4.74 Å². The fourth-order valence-corrected chi connectivity index (χ4v) is 1.75. The first kappa shape index (κ1) is 10.5. The average Bonchev–Trinajstić information content (AvgIpc) is 2.08. The summed E-state index contributed by atoms with van der Waals surface area (Å²) in [7, 11) is 0. The molecule has 0 amide bonds. The van der Waals surface area contributed by atoms with Gasteiger partial charge in [-0.1, -0.05) is 32.1 Å². The van der Waals surface area contributed by atoms with Crippen LogP contribution in [0.1, 0.15) is 44.9 Å². The molecule has 0 bridgehead atoms. The minimum Gasteiger partial charge on any atom is -0.441 e. The molecule has 1 rings (SSSR count). The molecule has 76 valence electrons. The third-order valence-electron chi connectivity index (χ3n) is 2.49. The maximum atomic E-state index is 9.87. The summed E-state index contributed by atoms with van der Waals surface area (Å²) in [5, 5.41) is 0. The molecule has 0 radical (unpaired) electrons. The van der Waals surface area contributed by atoms with Crippen LogP contribution in [-0.2, 0) is 14.3 Å². The molecule has 0 aromatic carbocycles. The summed E-state index contributed by atoms with van der Waals surface area (Å²) in [6.07, 6.45) is 9.00. The first-order chi connectivity index (χ1) is 6.43. The van der Waals surface area contributed by atoms with Gasteiger partial charge in [-0.2, -0.15) is 0 Å². The van der Waals surface area contributed by atoms with Gasteiger partial charge in [0.2, 0.25) is 0 Å². The van der Waals surface area contributed by atoms with E-state index in [1.54, 1.807) is 0 Å². The lowest BCUT2D eigenvalue weighted by Crippen LogP contribution is -2.16. The molecule has 0 N–H and O–H groups in total. The highest BCUT2D eigenvalue weighted by Crippen LogP contribution is 2.19. The van der Waals surface area contributed by atoms with E-state index in [0.717, 1.165) is 12.8 Å². The molecular formula is C10H18O3. The maximum absolute atomic E-state index is 9.87. The Hall–Kier alpha value is -0.570. The van der Waals surface area contributed by atoms with Crippen molar-refractivity contribution in [3.63, 3.8) is 0 Å². The summed E-state index contributed by atoms with van der Waals surface area (Å²) in [6.45, 7) is 0.553. The molecule has 1 saturated carbocycles. The van der Waals surface area contributed by atoms with E-state index in [9.17, 15) is 4.79 Å². The van der Waals surface area contributed by atoms with Gasteiger partial charge >= 0.3 is 0 Å². The summed E-state index contributed by atoms with van der Waals surface area (Å²) in [5.74, 6) is 0. The van der Waals surface area contributed by atoms with Crippen molar-refractivity contribution >= 4 is 6.47 Å². The van der Waals surface area contributed by atoms with Crippen molar-refractivity contribution in [1.82, 2.24) is 0 Å². The van der Waals surface area contributed by atoms with E-state index in [0.29, 0.717) is 12.6 Å². The number of hydrogen-bond donors (Lipinski definition) is 0. The van der Waals surface area contributed by atoms with Crippen LogP contribution in [0.15, 0.2) is 0 Å². The molecular weight excluding hydrogens is 168 g/mol. The summed E-state index contributed by atoms with van der Waals surface area (Å²) in [5.41, 5.74) is 0. The van der Waals surface area contributed by atoms with Crippen LogP contribution in [0.5, 0.6) is 0 Å². The number of carbonyl (C=O) groups is 1. The molecule has 0 aromatic rings. The first-order valence-corrected chi connectivity index (χ1v) is 5.10. The number of ether oxygens (including phenoxy) is 2. The summed E-state index contributed by atoms with van der Waals surface area (Å²) in [6, 6.07) is 0. The number of hydrogen-bond acceptors (Lipinski definition) is 3. The second-order valence-corrected chi connectivity index (χ2v) is 3.51. The molecule has 13 heavy (non-hydrogen) atoms. The van der Waals surface area contributed by atoms with Crippen molar-refractivity contribution in [2.75, 3.05) is 6.79 Å². The highest BCUT2D eigenvalue weighted by Gasteiger charge is 2.11. The first-order valence-electron chi connectivity index (χ1n) is 5.10. The van der Waals surface area contributed by atoms with E-state index in [-0.39, 0.29) is 6.79 Å². The van der Waals surface area contributed by atoms with E-state index < -0.39 is 0 Å². The molecule has 1 aliphatic carbocycles. The van der Waals surface area contributed by atoms with Crippen LogP contribution in [-0.4, -0.2) is 19.4 Å². The van der Waals surface area contributed by atoms with Gasteiger partial charge in [-0.3, -0.25) is 4.79 Å². The van der Waals surface area contributed by atoms with Crippen molar-refractivity contribution in [3.8, 4) is 0 Å². The zero-order valence-corrected chi connectivity index (χ0v) is 8.04. The zero-order valence-electron chi connectivity index (χ0n) is 8.04. The lowest BCUT2D eigenvalue weighted by atomic mass is 9.99. The normalized spacial score (nSPS) is 20.3. The smallest absolute Gasteiger partial charge is 0.295 e. The Morgan fingerprint density at radius 1 is 1.08 bits per heavy atom. The Morgan fingerprint density at radius 3 is 2.31 bits per heavy atom. The van der Waals surface area contributed by atoms with Gasteiger partial charge < -0.3 is 9.47 Å². The molecule has 3 nitrogen and oxygen atoms in total. The Balaban J connectivity index is 2.10. The van der Waals surface area contributed by atoms with Crippen molar-refractivity contribution in [1.29, 1.82) is 0 Å². The molecule has 1 fully saturated rings. The van der Waals surface area contributed by atoms with Gasteiger partial charge in [-0.05, 0) is 12.8 Å². The van der Waals surface area contributed by atoms with Gasteiger partial charge in [-0.25, -0.2) is 0 Å². The van der Waals surface area contributed by atoms with E-state index >= 15 is 0 Å². The monoisotopic (exact) mass is 186 g/mol. The lowest BCUT2D eigenvalue weighted by molar-refractivity contribution is -0.146. The van der Waals surface area contributed by atoms with Crippen LogP contribution < -0.4 is 0 Å². The Morgan fingerprint density at radius 2 is 1.69 bits per heavy atom. The Bertz CT molecular complexity index is 128. The highest BCUT2D eigenvalue weighted by atomic mass is 16.7. The fraction of sp³-hybridized carbons (Fsp3) is 0.900. The molecule has 0 atom stereocenters. The van der Waals surface area contributed by atoms with Gasteiger partial charge in [-0.15, -0.1) is 0 Å². The van der Waals surface area contributed by atoms with Crippen molar-refractivity contribution < 1.29 is 14.3 Å². The van der Waals surface area contributed by atoms with Crippen LogP contribution in [0.25, 0.3) is 0 Å². The van der Waals surface area contributed by atoms with E-state index in [1.165, 1.54) is 32.1 Å². The van der Waals surface area contributed by atoms with Gasteiger partial charge in [0.05, 0.1) is 6.10 Å². The average molecular weight is 186 g/mol. The van der Waals surface area contributed by atoms with Crippen molar-refractivity contribution in [2.45, 2.75) is 51.0 Å². The van der Waals surface area contributed by atoms with E-state index in [1.807, 2.05) is 0 Å². The molecule has 0 spiro atoms. The third-order valence-corrected chi connectivity index (χ3v) is 2.49. The minimum absolute atomic E-state index is 0.119. The Labute approximate surface area is 79.4 Å². The standard InChI is InChI=1S/C10H18O3/c11-8-12-9-13-10-6-4-2-1-3-5-7-10/h8,10H,1-7,9H2. The van der Waals surface area contributed by atoms with Crippen LogP contribution in [0.3, 0.4) is 0 Å². The van der Waals surface area contributed by atoms with E-state index in [4.69, 9.17) is 4.74 Å². The van der Waals surface area contributed by atoms with Crippen LogP contribution in [0, 0.1) is 0 Å². The molecule has 1 aliphatic rings. The summed E-state index contributed by atoms with van der Waals surface area (Å²) >= 11 is 0. The molecule has 0 aromatic heterocycles. The second-order valence-electron chi connectivity index (χ2n) is 3.51. The topological polar surface area (TPSA) is 35.5 Å². The zero-order chi connectivity index (χ0) is 9.36. The predicted octanol–water partition coefficient (Wildman–Crippen LogP) is 2.25. The molecule has 0 aliphatic heterocycles. The predicted molar refractivity (Wildman–Crippen MR) is 49.2 cm³/mol. The van der Waals surface area contributed by atoms with Crippen LogP contribution in [0.2, 0.25) is 0 Å². The second kappa shape index (κ2) is 6.89.